The largest absolute Gasteiger partial charge is 0.465 e. The average Bonchev–Trinajstić information content (AvgIpc) is 2.52. The molecule has 0 spiro atoms. The Morgan fingerprint density at radius 2 is 2.24 bits per heavy atom. The summed E-state index contributed by atoms with van der Waals surface area (Å²) in [4.78, 5) is 17.1. The van der Waals surface area contributed by atoms with Crippen molar-refractivity contribution in [3.63, 3.8) is 0 Å². The molecule has 1 aromatic rings. The minimum Gasteiger partial charge on any atom is -0.465 e. The fourth-order valence-corrected chi connectivity index (χ4v) is 2.66. The van der Waals surface area contributed by atoms with Gasteiger partial charge in [0, 0.05) is 6.20 Å². The fraction of sp³-hybridized carbons (Fsp3) is 0.500. The highest BCUT2D eigenvalue weighted by atomic mass is 35.5. The molecule has 0 radical (unpaired) electrons. The Morgan fingerprint density at radius 1 is 1.59 bits per heavy atom. The lowest BCUT2D eigenvalue weighted by atomic mass is 10.0. The van der Waals surface area contributed by atoms with E-state index in [9.17, 15) is 9.90 Å². The molecule has 0 aromatic carbocycles. The van der Waals surface area contributed by atoms with Crippen molar-refractivity contribution in [3.8, 4) is 0 Å². The van der Waals surface area contributed by atoms with Crippen molar-refractivity contribution >= 4 is 17.7 Å². The lowest BCUT2D eigenvalue weighted by Crippen LogP contribution is -2.33. The van der Waals surface area contributed by atoms with Crippen molar-refractivity contribution < 1.29 is 9.90 Å². The van der Waals surface area contributed by atoms with Crippen molar-refractivity contribution in [1.29, 1.82) is 0 Å². The second-order valence-electron chi connectivity index (χ2n) is 4.68. The zero-order valence-corrected chi connectivity index (χ0v) is 10.8. The number of carbonyl (C=O) groups is 1. The zero-order chi connectivity index (χ0) is 12.7. The molecular formula is C12H15ClN2O2. The summed E-state index contributed by atoms with van der Waals surface area (Å²) in [6.45, 7) is 5.87. The van der Waals surface area contributed by atoms with E-state index in [1.165, 1.54) is 4.90 Å². The number of amides is 1. The highest BCUT2D eigenvalue weighted by Crippen LogP contribution is 2.44. The molecule has 1 aliphatic rings. The van der Waals surface area contributed by atoms with Crippen molar-refractivity contribution in [3.05, 3.63) is 28.5 Å². The van der Waals surface area contributed by atoms with E-state index in [2.05, 4.69) is 4.98 Å². The Labute approximate surface area is 105 Å². The Kier molecular flexibility index (Phi) is 3.00. The van der Waals surface area contributed by atoms with Gasteiger partial charge in [0.15, 0.2) is 0 Å². The quantitative estimate of drug-likeness (QED) is 0.835. The van der Waals surface area contributed by atoms with Gasteiger partial charge in [-0.25, -0.2) is 4.79 Å². The summed E-state index contributed by atoms with van der Waals surface area (Å²) < 4.78 is 0. The molecule has 1 aliphatic heterocycles. The van der Waals surface area contributed by atoms with Crippen molar-refractivity contribution in [2.24, 2.45) is 5.92 Å². The van der Waals surface area contributed by atoms with Gasteiger partial charge in [-0.3, -0.25) is 9.88 Å². The van der Waals surface area contributed by atoms with Crippen molar-refractivity contribution in [2.45, 2.75) is 32.9 Å². The summed E-state index contributed by atoms with van der Waals surface area (Å²) >= 11 is 5.91. The van der Waals surface area contributed by atoms with Crippen LogP contribution in [0.15, 0.2) is 12.3 Å². The molecule has 2 atom stereocenters. The Bertz CT molecular complexity index is 462. The summed E-state index contributed by atoms with van der Waals surface area (Å²) in [5.74, 6) is 0.184. The predicted molar refractivity (Wildman–Crippen MR) is 65.1 cm³/mol. The molecule has 0 bridgehead atoms. The standard InChI is InChI=1S/C12H15ClN2O2/c1-6(2)11-10-9(4-8(13)5-14-10)7(3)15(11)12(16)17/h4-7,11H,1-3H3,(H,16,17). The smallest absolute Gasteiger partial charge is 0.408 e. The van der Waals surface area contributed by atoms with Crippen LogP contribution < -0.4 is 0 Å². The van der Waals surface area contributed by atoms with Gasteiger partial charge in [0.1, 0.15) is 0 Å². The third-order valence-electron chi connectivity index (χ3n) is 3.22. The first-order chi connectivity index (χ1) is 7.93. The van der Waals surface area contributed by atoms with Gasteiger partial charge in [-0.2, -0.15) is 0 Å². The number of carboxylic acid groups (broad SMARTS) is 1. The molecule has 2 rings (SSSR count). The van der Waals surface area contributed by atoms with E-state index in [0.29, 0.717) is 5.02 Å². The van der Waals surface area contributed by atoms with Crippen LogP contribution in [0.5, 0.6) is 0 Å². The Hall–Kier alpha value is -1.29. The van der Waals surface area contributed by atoms with Gasteiger partial charge >= 0.3 is 6.09 Å². The molecule has 1 aromatic heterocycles. The molecule has 4 nitrogen and oxygen atoms in total. The van der Waals surface area contributed by atoms with Gasteiger partial charge < -0.3 is 5.11 Å². The first-order valence-electron chi connectivity index (χ1n) is 5.60. The SMILES string of the molecule is CC(C)C1c2ncc(Cl)cc2C(C)N1C(=O)O. The highest BCUT2D eigenvalue weighted by molar-refractivity contribution is 6.30. The second-order valence-corrected chi connectivity index (χ2v) is 5.12. The Balaban J connectivity index is 2.54. The van der Waals surface area contributed by atoms with Crippen LogP contribution in [0.1, 0.15) is 44.1 Å². The monoisotopic (exact) mass is 254 g/mol. The minimum absolute atomic E-state index is 0.184. The van der Waals surface area contributed by atoms with Gasteiger partial charge in [-0.05, 0) is 24.5 Å². The topological polar surface area (TPSA) is 53.4 Å². The molecule has 1 N–H and O–H groups in total. The first-order valence-corrected chi connectivity index (χ1v) is 5.98. The van der Waals surface area contributed by atoms with Gasteiger partial charge in [0.25, 0.3) is 0 Å². The van der Waals surface area contributed by atoms with Crippen LogP contribution in [0.25, 0.3) is 0 Å². The van der Waals surface area contributed by atoms with Crippen LogP contribution in [0, 0.1) is 5.92 Å². The van der Waals surface area contributed by atoms with Crippen LogP contribution in [0.4, 0.5) is 4.79 Å². The number of rotatable bonds is 1. The van der Waals surface area contributed by atoms with Gasteiger partial charge in [0.2, 0.25) is 0 Å². The van der Waals surface area contributed by atoms with E-state index in [-0.39, 0.29) is 18.0 Å². The van der Waals surface area contributed by atoms with Crippen LogP contribution in [-0.2, 0) is 0 Å². The van der Waals surface area contributed by atoms with Crippen LogP contribution in [0.2, 0.25) is 5.02 Å². The van der Waals surface area contributed by atoms with E-state index in [0.717, 1.165) is 11.3 Å². The predicted octanol–water partition coefficient (Wildman–Crippen LogP) is 3.49. The fourth-order valence-electron chi connectivity index (χ4n) is 2.49. The van der Waals surface area contributed by atoms with Gasteiger partial charge in [-0.1, -0.05) is 25.4 Å². The van der Waals surface area contributed by atoms with Crippen LogP contribution in [-0.4, -0.2) is 21.1 Å². The molecule has 2 unspecified atom stereocenters. The van der Waals surface area contributed by atoms with Gasteiger partial charge in [-0.15, -0.1) is 0 Å². The lowest BCUT2D eigenvalue weighted by molar-refractivity contribution is 0.0988. The third kappa shape index (κ3) is 1.86. The molecule has 1 amide bonds. The van der Waals surface area contributed by atoms with Gasteiger partial charge in [0.05, 0.1) is 22.8 Å². The molecular weight excluding hydrogens is 240 g/mol. The highest BCUT2D eigenvalue weighted by Gasteiger charge is 2.41. The minimum atomic E-state index is -0.912. The summed E-state index contributed by atoms with van der Waals surface area (Å²) in [5, 5.41) is 9.86. The summed E-state index contributed by atoms with van der Waals surface area (Å²) in [7, 11) is 0. The summed E-state index contributed by atoms with van der Waals surface area (Å²) in [6.07, 6.45) is 0.665. The molecule has 17 heavy (non-hydrogen) atoms. The van der Waals surface area contributed by atoms with Crippen LogP contribution in [0.3, 0.4) is 0 Å². The molecule has 0 aliphatic carbocycles. The zero-order valence-electron chi connectivity index (χ0n) is 10.0. The number of halogens is 1. The van der Waals surface area contributed by atoms with E-state index < -0.39 is 6.09 Å². The number of hydrogen-bond donors (Lipinski definition) is 1. The van der Waals surface area contributed by atoms with E-state index in [1.54, 1.807) is 6.20 Å². The molecule has 5 heteroatoms. The van der Waals surface area contributed by atoms with E-state index >= 15 is 0 Å². The normalized spacial score (nSPS) is 23.0. The number of aromatic nitrogens is 1. The van der Waals surface area contributed by atoms with Crippen molar-refractivity contribution in [1.82, 2.24) is 9.88 Å². The summed E-state index contributed by atoms with van der Waals surface area (Å²) in [6, 6.07) is 1.43. The van der Waals surface area contributed by atoms with E-state index in [1.807, 2.05) is 26.8 Å². The number of nitrogens with zero attached hydrogens (tertiary/aromatic N) is 2. The van der Waals surface area contributed by atoms with E-state index in [4.69, 9.17) is 11.6 Å². The number of fused-ring (bicyclic) bond motifs is 1. The molecule has 0 fully saturated rings. The number of pyridine rings is 1. The van der Waals surface area contributed by atoms with Crippen molar-refractivity contribution in [2.75, 3.05) is 0 Å². The first kappa shape index (κ1) is 12.2. The molecule has 0 saturated heterocycles. The maximum Gasteiger partial charge on any atom is 0.408 e. The maximum absolute atomic E-state index is 11.3. The molecule has 2 heterocycles. The average molecular weight is 255 g/mol. The lowest BCUT2D eigenvalue weighted by Gasteiger charge is -2.28. The molecule has 92 valence electrons. The second kappa shape index (κ2) is 4.18. The Morgan fingerprint density at radius 3 is 2.76 bits per heavy atom. The molecule has 0 saturated carbocycles. The number of hydrogen-bond acceptors (Lipinski definition) is 2. The maximum atomic E-state index is 11.3. The van der Waals surface area contributed by atoms with Crippen LogP contribution >= 0.6 is 11.6 Å². The third-order valence-corrected chi connectivity index (χ3v) is 3.42. The summed E-state index contributed by atoms with van der Waals surface area (Å²) in [5.41, 5.74) is 1.75.